The molecule has 10 nitrogen and oxygen atoms in total. The Morgan fingerprint density at radius 3 is 2.77 bits per heavy atom. The number of aromatic nitrogens is 4. The lowest BCUT2D eigenvalue weighted by atomic mass is 10.0. The van der Waals surface area contributed by atoms with E-state index >= 15 is 0 Å². The minimum absolute atomic E-state index is 0.140. The molecule has 174 valence electrons. The van der Waals surface area contributed by atoms with E-state index in [0.29, 0.717) is 17.6 Å². The lowest BCUT2D eigenvalue weighted by Gasteiger charge is -2.28. The molecule has 3 N–H and O–H groups in total. The van der Waals surface area contributed by atoms with Crippen LogP contribution in [-0.4, -0.2) is 55.9 Å². The van der Waals surface area contributed by atoms with Crippen molar-refractivity contribution in [1.29, 1.82) is 0 Å². The molecule has 2 aromatic rings. The Morgan fingerprint density at radius 1 is 1.32 bits per heavy atom. The Labute approximate surface area is 187 Å². The SMILES string of the molecule is CCCCCC1OC(n2cnc3cnc(N)nc32)C(OC)C1OP(O)(=S)OC(C)CC. The summed E-state index contributed by atoms with van der Waals surface area (Å²) in [4.78, 5) is 23.3. The number of methoxy groups -OCH3 is 1. The van der Waals surface area contributed by atoms with E-state index in [1.807, 2.05) is 13.8 Å². The fraction of sp³-hybridized carbons (Fsp3) is 0.737. The Hall–Kier alpha value is -1.20. The molecule has 0 spiro atoms. The zero-order chi connectivity index (χ0) is 22.6. The van der Waals surface area contributed by atoms with E-state index in [1.54, 1.807) is 24.2 Å². The second kappa shape index (κ2) is 10.6. The fourth-order valence-electron chi connectivity index (χ4n) is 3.64. The van der Waals surface area contributed by atoms with Gasteiger partial charge in [-0.15, -0.1) is 0 Å². The van der Waals surface area contributed by atoms with Gasteiger partial charge in [-0.3, -0.25) is 9.09 Å². The maximum atomic E-state index is 10.7. The van der Waals surface area contributed by atoms with Crippen LogP contribution in [0.5, 0.6) is 0 Å². The molecule has 0 aromatic carbocycles. The molecular formula is C19H32N5O5PS. The van der Waals surface area contributed by atoms with Crippen LogP contribution in [0.15, 0.2) is 12.5 Å². The smallest absolute Gasteiger partial charge is 0.325 e. The van der Waals surface area contributed by atoms with Gasteiger partial charge >= 0.3 is 6.72 Å². The van der Waals surface area contributed by atoms with Crippen LogP contribution in [0.2, 0.25) is 0 Å². The molecule has 3 rings (SSSR count). The van der Waals surface area contributed by atoms with Crippen LogP contribution in [0, 0.1) is 0 Å². The van der Waals surface area contributed by atoms with Gasteiger partial charge in [0.1, 0.15) is 17.7 Å². The summed E-state index contributed by atoms with van der Waals surface area (Å²) in [7, 11) is 1.57. The number of unbranched alkanes of at least 4 members (excludes halogenated alkanes) is 2. The molecule has 1 aliphatic rings. The van der Waals surface area contributed by atoms with Crippen LogP contribution in [-0.2, 0) is 30.3 Å². The molecule has 0 amide bonds. The number of imidazole rings is 1. The zero-order valence-electron chi connectivity index (χ0n) is 18.4. The maximum Gasteiger partial charge on any atom is 0.325 e. The van der Waals surface area contributed by atoms with Gasteiger partial charge in [0.05, 0.1) is 24.7 Å². The number of nitrogens with two attached hydrogens (primary N) is 1. The summed E-state index contributed by atoms with van der Waals surface area (Å²) in [5.41, 5.74) is 6.90. The molecule has 0 aliphatic carbocycles. The average Bonchev–Trinajstić information content (AvgIpc) is 3.28. The number of fused-ring (bicyclic) bond motifs is 1. The molecule has 1 aliphatic heterocycles. The van der Waals surface area contributed by atoms with E-state index in [0.717, 1.165) is 25.7 Å². The third-order valence-corrected chi connectivity index (χ3v) is 7.05. The summed E-state index contributed by atoms with van der Waals surface area (Å²) in [6.45, 7) is 2.45. The van der Waals surface area contributed by atoms with E-state index in [4.69, 9.17) is 36.1 Å². The van der Waals surface area contributed by atoms with Crippen molar-refractivity contribution in [1.82, 2.24) is 19.5 Å². The Balaban J connectivity index is 1.90. The van der Waals surface area contributed by atoms with Crippen molar-refractivity contribution in [2.24, 2.45) is 0 Å². The molecule has 6 unspecified atom stereocenters. The lowest BCUT2D eigenvalue weighted by molar-refractivity contribution is -0.0505. The number of nitrogens with zero attached hydrogens (tertiary/aromatic N) is 4. The zero-order valence-corrected chi connectivity index (χ0v) is 20.1. The van der Waals surface area contributed by atoms with Gasteiger partial charge in [-0.1, -0.05) is 33.1 Å². The Bertz CT molecular complexity index is 915. The molecular weight excluding hydrogens is 441 g/mol. The third-order valence-electron chi connectivity index (χ3n) is 5.40. The van der Waals surface area contributed by atoms with Gasteiger partial charge < -0.3 is 24.6 Å². The molecule has 31 heavy (non-hydrogen) atoms. The van der Waals surface area contributed by atoms with Crippen molar-refractivity contribution in [3.63, 3.8) is 0 Å². The predicted octanol–water partition coefficient (Wildman–Crippen LogP) is 3.32. The van der Waals surface area contributed by atoms with E-state index in [-0.39, 0.29) is 18.2 Å². The average molecular weight is 474 g/mol. The summed E-state index contributed by atoms with van der Waals surface area (Å²) in [5.74, 6) is 0.140. The van der Waals surface area contributed by atoms with E-state index in [2.05, 4.69) is 21.9 Å². The van der Waals surface area contributed by atoms with Crippen molar-refractivity contribution < 1.29 is 23.4 Å². The second-order valence-corrected chi connectivity index (χ2v) is 10.5. The number of rotatable bonds is 11. The number of nitrogen functional groups attached to an aromatic ring is 1. The Kier molecular flexibility index (Phi) is 8.37. The first kappa shape index (κ1) is 24.4. The maximum absolute atomic E-state index is 10.7. The molecule has 1 saturated heterocycles. The summed E-state index contributed by atoms with van der Waals surface area (Å²) < 4.78 is 25.5. The van der Waals surface area contributed by atoms with Crippen molar-refractivity contribution in [2.75, 3.05) is 12.8 Å². The predicted molar refractivity (Wildman–Crippen MR) is 121 cm³/mol. The van der Waals surface area contributed by atoms with Crippen LogP contribution < -0.4 is 5.73 Å². The second-order valence-electron chi connectivity index (χ2n) is 7.71. The first-order valence-electron chi connectivity index (χ1n) is 10.6. The standard InChI is InChI=1S/C19H32N5O5PS/c1-5-7-8-9-14-15(29-30(25,31)28-12(3)6-2)16(26-4)18(27-14)24-11-22-13-10-21-19(20)23-17(13)24/h10-12,14-16,18H,5-9H2,1-4H3,(H,25,31)(H2,20,21,23). The number of ether oxygens (including phenoxy) is 2. The molecule has 0 saturated carbocycles. The van der Waals surface area contributed by atoms with Crippen LogP contribution in [0.1, 0.15) is 59.1 Å². The van der Waals surface area contributed by atoms with Crippen LogP contribution >= 0.6 is 6.72 Å². The van der Waals surface area contributed by atoms with Gasteiger partial charge in [0.2, 0.25) is 5.95 Å². The highest BCUT2D eigenvalue weighted by molar-refractivity contribution is 8.07. The monoisotopic (exact) mass is 473 g/mol. The quantitative estimate of drug-likeness (QED) is 0.371. The highest BCUT2D eigenvalue weighted by Gasteiger charge is 2.49. The summed E-state index contributed by atoms with van der Waals surface area (Å²) in [6.07, 6.45) is 5.40. The van der Waals surface area contributed by atoms with Crippen LogP contribution in [0.3, 0.4) is 0 Å². The molecule has 0 bridgehead atoms. The first-order valence-corrected chi connectivity index (χ1v) is 13.2. The van der Waals surface area contributed by atoms with Gasteiger partial charge in [-0.25, -0.2) is 9.97 Å². The molecule has 2 aromatic heterocycles. The number of hydrogen-bond donors (Lipinski definition) is 2. The van der Waals surface area contributed by atoms with E-state index in [1.165, 1.54) is 0 Å². The molecule has 6 atom stereocenters. The van der Waals surface area contributed by atoms with Gasteiger partial charge in [-0.05, 0) is 31.6 Å². The molecule has 12 heteroatoms. The molecule has 3 heterocycles. The first-order chi connectivity index (χ1) is 14.8. The highest BCUT2D eigenvalue weighted by atomic mass is 32.5. The van der Waals surface area contributed by atoms with E-state index < -0.39 is 25.2 Å². The van der Waals surface area contributed by atoms with Gasteiger partial charge in [0.15, 0.2) is 11.9 Å². The third kappa shape index (κ3) is 5.78. The normalized spacial score (nSPS) is 26.9. The number of hydrogen-bond acceptors (Lipinski definition) is 9. The minimum atomic E-state index is -3.50. The largest absolute Gasteiger partial charge is 0.374 e. The fourth-order valence-corrected chi connectivity index (χ4v) is 5.60. The van der Waals surface area contributed by atoms with Crippen molar-refractivity contribution in [2.45, 2.75) is 83.5 Å². The molecule has 1 fully saturated rings. The number of anilines is 1. The van der Waals surface area contributed by atoms with Crippen LogP contribution in [0.4, 0.5) is 5.95 Å². The summed E-state index contributed by atoms with van der Waals surface area (Å²) in [6, 6.07) is 0. The van der Waals surface area contributed by atoms with Gasteiger partial charge in [0, 0.05) is 7.11 Å². The van der Waals surface area contributed by atoms with Crippen molar-refractivity contribution in [3.05, 3.63) is 12.5 Å². The minimum Gasteiger partial charge on any atom is -0.374 e. The highest BCUT2D eigenvalue weighted by Crippen LogP contribution is 2.51. The van der Waals surface area contributed by atoms with Crippen LogP contribution in [0.25, 0.3) is 11.2 Å². The van der Waals surface area contributed by atoms with Crippen molar-refractivity contribution >= 4 is 35.6 Å². The lowest BCUT2D eigenvalue weighted by Crippen LogP contribution is -2.35. The van der Waals surface area contributed by atoms with E-state index in [9.17, 15) is 4.89 Å². The van der Waals surface area contributed by atoms with Crippen molar-refractivity contribution in [3.8, 4) is 0 Å². The van der Waals surface area contributed by atoms with Gasteiger partial charge in [0.25, 0.3) is 0 Å². The summed E-state index contributed by atoms with van der Waals surface area (Å²) >= 11 is 5.30. The molecule has 0 radical (unpaired) electrons. The van der Waals surface area contributed by atoms with Gasteiger partial charge in [-0.2, -0.15) is 4.98 Å². The topological polar surface area (TPSA) is 127 Å². The Morgan fingerprint density at radius 2 is 2.10 bits per heavy atom. The summed E-state index contributed by atoms with van der Waals surface area (Å²) in [5, 5.41) is 0.